The normalized spacial score (nSPS) is 13.0. The van der Waals surface area contributed by atoms with Gasteiger partial charge in [-0.15, -0.1) is 0 Å². The van der Waals surface area contributed by atoms with Crippen LogP contribution in [0.15, 0.2) is 24.3 Å². The maximum absolute atomic E-state index is 12.3. The van der Waals surface area contributed by atoms with Crippen LogP contribution < -0.4 is 5.32 Å². The Bertz CT molecular complexity index is 432. The van der Waals surface area contributed by atoms with Crippen molar-refractivity contribution in [1.29, 1.82) is 0 Å². The summed E-state index contributed by atoms with van der Waals surface area (Å²) >= 11 is 0. The zero-order valence-electron chi connectivity index (χ0n) is 13.8. The Morgan fingerprint density at radius 1 is 1.24 bits per heavy atom. The molecule has 0 saturated heterocycles. The van der Waals surface area contributed by atoms with Gasteiger partial charge in [0.15, 0.2) is 0 Å². The number of unbranched alkanes of at least 4 members (excludes halogenated alkanes) is 1. The van der Waals surface area contributed by atoms with Crippen LogP contribution >= 0.6 is 0 Å². The van der Waals surface area contributed by atoms with Crippen LogP contribution in [0.1, 0.15) is 62.9 Å². The van der Waals surface area contributed by atoms with Gasteiger partial charge < -0.3 is 10.4 Å². The van der Waals surface area contributed by atoms with Gasteiger partial charge in [0.05, 0.1) is 0 Å². The molecule has 1 rings (SSSR count). The van der Waals surface area contributed by atoms with E-state index in [4.69, 9.17) is 5.11 Å². The lowest BCUT2D eigenvalue weighted by Gasteiger charge is -2.31. The molecule has 3 heteroatoms. The predicted octanol–water partition coefficient (Wildman–Crippen LogP) is 3.56. The standard InChI is InChI=1S/C18H29NO2/c1-5-6-7-14-8-10-15(11-9-14)17(21)19-16(12-13-20)18(2,3)4/h8-11,16,20H,5-7,12-13H2,1-4H3,(H,19,21). The Labute approximate surface area is 128 Å². The van der Waals surface area contributed by atoms with E-state index in [0.29, 0.717) is 12.0 Å². The fourth-order valence-electron chi connectivity index (χ4n) is 2.30. The highest BCUT2D eigenvalue weighted by molar-refractivity contribution is 5.94. The molecule has 1 aromatic carbocycles. The molecule has 0 saturated carbocycles. The molecule has 0 aliphatic heterocycles. The summed E-state index contributed by atoms with van der Waals surface area (Å²) in [6, 6.07) is 7.80. The third-order valence-corrected chi connectivity index (χ3v) is 3.80. The lowest BCUT2D eigenvalue weighted by molar-refractivity contribution is 0.0885. The Morgan fingerprint density at radius 3 is 2.33 bits per heavy atom. The summed E-state index contributed by atoms with van der Waals surface area (Å²) in [6.07, 6.45) is 3.99. The summed E-state index contributed by atoms with van der Waals surface area (Å²) < 4.78 is 0. The van der Waals surface area contributed by atoms with E-state index in [1.165, 1.54) is 18.4 Å². The lowest BCUT2D eigenvalue weighted by atomic mass is 9.84. The van der Waals surface area contributed by atoms with Crippen LogP contribution in [-0.4, -0.2) is 23.7 Å². The van der Waals surface area contributed by atoms with Crippen LogP contribution in [0.5, 0.6) is 0 Å². The molecule has 1 aromatic rings. The SMILES string of the molecule is CCCCc1ccc(C(=O)NC(CCO)C(C)(C)C)cc1. The number of aliphatic hydroxyl groups excluding tert-OH is 1. The predicted molar refractivity (Wildman–Crippen MR) is 87.5 cm³/mol. The highest BCUT2D eigenvalue weighted by atomic mass is 16.3. The van der Waals surface area contributed by atoms with Crippen LogP contribution in [0, 0.1) is 5.41 Å². The number of carbonyl (C=O) groups is 1. The van der Waals surface area contributed by atoms with Crippen molar-refractivity contribution in [3.63, 3.8) is 0 Å². The second kappa shape index (κ2) is 8.18. The highest BCUT2D eigenvalue weighted by Gasteiger charge is 2.25. The van der Waals surface area contributed by atoms with Crippen molar-refractivity contribution >= 4 is 5.91 Å². The Hall–Kier alpha value is -1.35. The van der Waals surface area contributed by atoms with E-state index in [1.807, 2.05) is 24.3 Å². The van der Waals surface area contributed by atoms with Gasteiger partial charge in [-0.3, -0.25) is 4.79 Å². The molecule has 3 nitrogen and oxygen atoms in total. The number of nitrogens with one attached hydrogen (secondary N) is 1. The maximum atomic E-state index is 12.3. The second-order valence-corrected chi connectivity index (χ2v) is 6.70. The van der Waals surface area contributed by atoms with E-state index < -0.39 is 0 Å². The molecule has 0 aromatic heterocycles. The topological polar surface area (TPSA) is 49.3 Å². The van der Waals surface area contributed by atoms with E-state index >= 15 is 0 Å². The quantitative estimate of drug-likeness (QED) is 0.807. The van der Waals surface area contributed by atoms with E-state index in [9.17, 15) is 4.79 Å². The van der Waals surface area contributed by atoms with Crippen molar-refractivity contribution in [1.82, 2.24) is 5.32 Å². The molecule has 0 radical (unpaired) electrons. The molecule has 0 aliphatic rings. The zero-order chi connectivity index (χ0) is 15.9. The number of benzene rings is 1. The largest absolute Gasteiger partial charge is 0.396 e. The van der Waals surface area contributed by atoms with Gasteiger partial charge >= 0.3 is 0 Å². The molecule has 0 fully saturated rings. The molecular formula is C18H29NO2. The average Bonchev–Trinajstić information content (AvgIpc) is 2.44. The summed E-state index contributed by atoms with van der Waals surface area (Å²) in [7, 11) is 0. The van der Waals surface area contributed by atoms with Gasteiger partial charge in [-0.25, -0.2) is 0 Å². The van der Waals surface area contributed by atoms with Crippen molar-refractivity contribution in [2.75, 3.05) is 6.61 Å². The summed E-state index contributed by atoms with van der Waals surface area (Å²) in [4.78, 5) is 12.3. The fraction of sp³-hybridized carbons (Fsp3) is 0.611. The van der Waals surface area contributed by atoms with Crippen LogP contribution in [0.4, 0.5) is 0 Å². The van der Waals surface area contributed by atoms with E-state index in [-0.39, 0.29) is 24.0 Å². The average molecular weight is 291 g/mol. The summed E-state index contributed by atoms with van der Waals surface area (Å²) in [5, 5.41) is 12.2. The number of carbonyl (C=O) groups excluding carboxylic acids is 1. The second-order valence-electron chi connectivity index (χ2n) is 6.70. The maximum Gasteiger partial charge on any atom is 0.251 e. The number of amides is 1. The van der Waals surface area contributed by atoms with Crippen LogP contribution in [0.25, 0.3) is 0 Å². The van der Waals surface area contributed by atoms with E-state index in [0.717, 1.165) is 6.42 Å². The first-order valence-electron chi connectivity index (χ1n) is 7.89. The number of rotatable bonds is 7. The summed E-state index contributed by atoms with van der Waals surface area (Å²) in [6.45, 7) is 8.47. The molecule has 2 N–H and O–H groups in total. The highest BCUT2D eigenvalue weighted by Crippen LogP contribution is 2.22. The molecule has 0 heterocycles. The monoisotopic (exact) mass is 291 g/mol. The van der Waals surface area contributed by atoms with Gasteiger partial charge in [0.2, 0.25) is 0 Å². The molecule has 0 bridgehead atoms. The summed E-state index contributed by atoms with van der Waals surface area (Å²) in [5.74, 6) is -0.0644. The number of aryl methyl sites for hydroxylation is 1. The van der Waals surface area contributed by atoms with Crippen molar-refractivity contribution in [3.8, 4) is 0 Å². The van der Waals surface area contributed by atoms with Gasteiger partial charge in [-0.1, -0.05) is 46.2 Å². The van der Waals surface area contributed by atoms with E-state index in [1.54, 1.807) is 0 Å². The van der Waals surface area contributed by atoms with E-state index in [2.05, 4.69) is 33.0 Å². The van der Waals surface area contributed by atoms with Crippen molar-refractivity contribution in [3.05, 3.63) is 35.4 Å². The Kier molecular flexibility index (Phi) is 6.90. The van der Waals surface area contributed by atoms with Crippen LogP contribution in [0.2, 0.25) is 0 Å². The number of hydrogen-bond acceptors (Lipinski definition) is 2. The van der Waals surface area contributed by atoms with Crippen molar-refractivity contribution < 1.29 is 9.90 Å². The Balaban J connectivity index is 2.69. The molecule has 21 heavy (non-hydrogen) atoms. The molecule has 1 atom stereocenters. The molecule has 0 aliphatic carbocycles. The third kappa shape index (κ3) is 5.88. The minimum atomic E-state index is -0.0700. The van der Waals surface area contributed by atoms with Gasteiger partial charge in [0, 0.05) is 18.2 Å². The minimum absolute atomic E-state index is 0.0326. The molecule has 1 amide bonds. The zero-order valence-corrected chi connectivity index (χ0v) is 13.8. The van der Waals surface area contributed by atoms with Crippen molar-refractivity contribution in [2.24, 2.45) is 5.41 Å². The number of hydrogen-bond donors (Lipinski definition) is 2. The minimum Gasteiger partial charge on any atom is -0.396 e. The molecule has 0 spiro atoms. The van der Waals surface area contributed by atoms with Crippen molar-refractivity contribution in [2.45, 2.75) is 59.4 Å². The van der Waals surface area contributed by atoms with Gasteiger partial charge in [0.25, 0.3) is 5.91 Å². The molecular weight excluding hydrogens is 262 g/mol. The first-order chi connectivity index (χ1) is 9.88. The third-order valence-electron chi connectivity index (χ3n) is 3.80. The van der Waals surface area contributed by atoms with Gasteiger partial charge in [-0.2, -0.15) is 0 Å². The van der Waals surface area contributed by atoms with Crippen LogP contribution in [-0.2, 0) is 6.42 Å². The Morgan fingerprint density at radius 2 is 1.86 bits per heavy atom. The van der Waals surface area contributed by atoms with Gasteiger partial charge in [0.1, 0.15) is 0 Å². The number of aliphatic hydroxyl groups is 1. The van der Waals surface area contributed by atoms with Crippen LogP contribution in [0.3, 0.4) is 0 Å². The summed E-state index contributed by atoms with van der Waals surface area (Å²) in [5.41, 5.74) is 1.89. The first-order valence-corrected chi connectivity index (χ1v) is 7.89. The smallest absolute Gasteiger partial charge is 0.251 e. The molecule has 118 valence electrons. The first kappa shape index (κ1) is 17.7. The molecule has 1 unspecified atom stereocenters. The fourth-order valence-corrected chi connectivity index (χ4v) is 2.30. The lowest BCUT2D eigenvalue weighted by Crippen LogP contribution is -2.44. The van der Waals surface area contributed by atoms with Gasteiger partial charge in [-0.05, 0) is 42.4 Å².